The van der Waals surface area contributed by atoms with Gasteiger partial charge >= 0.3 is 0 Å². The number of thiophene rings is 1. The zero-order valence-corrected chi connectivity index (χ0v) is 23.2. The molecule has 2 N–H and O–H groups in total. The monoisotopic (exact) mass is 551 g/mol. The van der Waals surface area contributed by atoms with Crippen molar-refractivity contribution in [1.82, 2.24) is 29.5 Å². The van der Waals surface area contributed by atoms with E-state index in [1.54, 1.807) is 4.90 Å². The van der Waals surface area contributed by atoms with Crippen molar-refractivity contribution in [2.45, 2.75) is 51.9 Å². The Kier molecular flexibility index (Phi) is 7.83. The van der Waals surface area contributed by atoms with Gasteiger partial charge in [-0.1, -0.05) is 12.1 Å². The van der Waals surface area contributed by atoms with Crippen molar-refractivity contribution in [3.63, 3.8) is 0 Å². The van der Waals surface area contributed by atoms with Crippen LogP contribution in [-0.2, 0) is 22.7 Å². The molecule has 11 heteroatoms. The van der Waals surface area contributed by atoms with Gasteiger partial charge in [0, 0.05) is 63.4 Å². The molecule has 9 nitrogen and oxygen atoms in total. The lowest BCUT2D eigenvalue weighted by Crippen LogP contribution is -2.52. The second-order valence-corrected chi connectivity index (χ2v) is 11.1. The Morgan fingerprint density at radius 2 is 2.05 bits per heavy atom. The number of anilines is 1. The summed E-state index contributed by atoms with van der Waals surface area (Å²) in [6, 6.07) is 9.62. The molecule has 0 spiro atoms. The number of alkyl halides is 1. The molecule has 0 atom stereocenters. The highest BCUT2D eigenvalue weighted by atomic mass is 32.1. The van der Waals surface area contributed by atoms with Crippen molar-refractivity contribution < 1.29 is 14.0 Å². The number of rotatable bonds is 8. The molecular formula is C28H34FN7O2S. The number of nitrogen functional groups attached to an aromatic ring is 1. The van der Waals surface area contributed by atoms with Gasteiger partial charge in [-0.15, -0.1) is 21.5 Å². The number of amides is 1. The van der Waals surface area contributed by atoms with Crippen LogP contribution >= 0.6 is 11.3 Å². The number of nitrogens with zero attached hydrogens (tertiary/aromatic N) is 6. The molecule has 2 aromatic heterocycles. The number of likely N-dealkylation sites (tertiary alicyclic amines) is 1. The Morgan fingerprint density at radius 3 is 2.77 bits per heavy atom. The molecule has 5 rings (SSSR count). The first kappa shape index (κ1) is 27.1. The summed E-state index contributed by atoms with van der Waals surface area (Å²) < 4.78 is 17.9. The van der Waals surface area contributed by atoms with E-state index in [9.17, 15) is 9.59 Å². The van der Waals surface area contributed by atoms with Crippen molar-refractivity contribution in [2.24, 2.45) is 0 Å². The molecule has 3 aromatic rings. The van der Waals surface area contributed by atoms with Crippen molar-refractivity contribution in [3.05, 3.63) is 58.5 Å². The van der Waals surface area contributed by atoms with Crippen molar-refractivity contribution in [1.29, 1.82) is 0 Å². The normalized spacial score (nSPS) is 16.8. The highest BCUT2D eigenvalue weighted by Crippen LogP contribution is 2.35. The molecule has 0 bridgehead atoms. The summed E-state index contributed by atoms with van der Waals surface area (Å²) in [5, 5.41) is 11.4. The lowest BCUT2D eigenvalue weighted by molar-refractivity contribution is -0.147. The molecule has 206 valence electrons. The van der Waals surface area contributed by atoms with Crippen LogP contribution in [0.2, 0.25) is 0 Å². The number of fused-ring (bicyclic) bond motifs is 3. The van der Waals surface area contributed by atoms with Crippen LogP contribution in [0.4, 0.5) is 10.1 Å². The molecule has 4 heterocycles. The van der Waals surface area contributed by atoms with Crippen molar-refractivity contribution in [2.75, 3.05) is 38.5 Å². The number of carbonyl (C=O) groups excluding carboxylic acids is 2. The smallest absolute Gasteiger partial charge is 0.260 e. The number of hydrogen-bond acceptors (Lipinski definition) is 8. The minimum Gasteiger partial charge on any atom is -0.399 e. The Morgan fingerprint density at radius 1 is 1.26 bits per heavy atom. The molecule has 2 aliphatic heterocycles. The molecule has 1 fully saturated rings. The van der Waals surface area contributed by atoms with E-state index in [0.29, 0.717) is 63.6 Å². The maximum atomic E-state index is 15.9. The topological polar surface area (TPSA) is 101 Å². The second kappa shape index (κ2) is 11.3. The van der Waals surface area contributed by atoms with Gasteiger partial charge in [-0.2, -0.15) is 0 Å². The van der Waals surface area contributed by atoms with Gasteiger partial charge in [-0.3, -0.25) is 14.3 Å². The molecule has 1 aromatic carbocycles. The van der Waals surface area contributed by atoms with E-state index in [1.165, 1.54) is 11.3 Å². The average molecular weight is 552 g/mol. The van der Waals surface area contributed by atoms with Crippen LogP contribution in [-0.4, -0.2) is 79.7 Å². The molecule has 0 aliphatic carbocycles. The highest BCUT2D eigenvalue weighted by molar-refractivity contribution is 7.12. The lowest BCUT2D eigenvalue weighted by atomic mass is 9.91. The molecule has 39 heavy (non-hydrogen) atoms. The largest absolute Gasteiger partial charge is 0.399 e. The molecule has 0 unspecified atom stereocenters. The number of nitrogens with two attached hydrogens (primary N) is 1. The Hall–Kier alpha value is -3.53. The van der Waals surface area contributed by atoms with E-state index < -0.39 is 11.6 Å². The minimum absolute atomic E-state index is 0.171. The molecule has 0 radical (unpaired) electrons. The lowest BCUT2D eigenvalue weighted by Gasteiger charge is -2.38. The van der Waals surface area contributed by atoms with Crippen LogP contribution in [0.1, 0.15) is 49.0 Å². The van der Waals surface area contributed by atoms with Gasteiger partial charge in [-0.25, -0.2) is 9.18 Å². The summed E-state index contributed by atoms with van der Waals surface area (Å²) in [5.74, 6) is 3.19. The number of hydrogen-bond donors (Lipinski definition) is 1. The molecule has 1 saturated heterocycles. The first-order chi connectivity index (χ1) is 18.8. The molecule has 2 aliphatic rings. The second-order valence-electron chi connectivity index (χ2n) is 10.2. The van der Waals surface area contributed by atoms with Crippen molar-refractivity contribution >= 4 is 34.6 Å². The van der Waals surface area contributed by atoms with Gasteiger partial charge in [0.2, 0.25) is 0 Å². The van der Waals surface area contributed by atoms with Crippen molar-refractivity contribution in [3.8, 4) is 5.00 Å². The number of piperidine rings is 1. The predicted octanol–water partition coefficient (Wildman–Crippen LogP) is 3.45. The first-order valence-corrected chi connectivity index (χ1v) is 14.2. The third-order valence-electron chi connectivity index (χ3n) is 7.65. The number of benzene rings is 1. The third kappa shape index (κ3) is 5.48. The van der Waals surface area contributed by atoms with Gasteiger partial charge in [0.1, 0.15) is 16.5 Å². The maximum Gasteiger partial charge on any atom is 0.260 e. The summed E-state index contributed by atoms with van der Waals surface area (Å²) in [4.78, 5) is 31.1. The van der Waals surface area contributed by atoms with Crippen LogP contribution in [0.25, 0.3) is 10.7 Å². The Bertz CT molecular complexity index is 1390. The van der Waals surface area contributed by atoms with Gasteiger partial charge in [0.25, 0.3) is 5.91 Å². The molecule has 1 amide bonds. The number of carbonyl (C=O) groups is 1. The van der Waals surface area contributed by atoms with Crippen LogP contribution in [0.5, 0.6) is 0 Å². The van der Waals surface area contributed by atoms with E-state index in [0.717, 1.165) is 27.8 Å². The number of aromatic nitrogens is 3. The van der Waals surface area contributed by atoms with Gasteiger partial charge in [0.15, 0.2) is 17.4 Å². The number of aryl methyl sites for hydroxylation is 1. The Balaban J connectivity index is 1.19. The van der Waals surface area contributed by atoms with Crippen LogP contribution in [0.3, 0.4) is 0 Å². The maximum absolute atomic E-state index is 15.9. The quantitative estimate of drug-likeness (QED) is 0.338. The predicted molar refractivity (Wildman–Crippen MR) is 150 cm³/mol. The summed E-state index contributed by atoms with van der Waals surface area (Å²) in [5.41, 5.74) is 7.09. The van der Waals surface area contributed by atoms with E-state index in [1.807, 2.05) is 59.0 Å². The van der Waals surface area contributed by atoms with E-state index in [-0.39, 0.29) is 12.8 Å². The highest BCUT2D eigenvalue weighted by Gasteiger charge is 2.43. The summed E-state index contributed by atoms with van der Waals surface area (Å²) >= 11 is 1.53. The fourth-order valence-corrected chi connectivity index (χ4v) is 6.49. The van der Waals surface area contributed by atoms with Crippen LogP contribution in [0.15, 0.2) is 35.7 Å². The van der Waals surface area contributed by atoms with Crippen LogP contribution < -0.4 is 5.73 Å². The van der Waals surface area contributed by atoms with Gasteiger partial charge in [-0.05, 0) is 49.4 Å². The van der Waals surface area contributed by atoms with Gasteiger partial charge in [0.05, 0.1) is 6.54 Å². The summed E-state index contributed by atoms with van der Waals surface area (Å²) in [6.45, 7) is 7.22. The zero-order valence-electron chi connectivity index (χ0n) is 22.4. The summed E-state index contributed by atoms with van der Waals surface area (Å²) in [6.07, 6.45) is 0.921. The Labute approximate surface area is 231 Å². The molecule has 0 saturated carbocycles. The van der Waals surface area contributed by atoms with Gasteiger partial charge < -0.3 is 15.5 Å². The standard InChI is InChI=1S/C28H34FN7O2S/c1-3-34(27(38)28(29)9-13-33(14-10-28)17-21-6-4-7-22(30)16-21)11-5-12-35-18-25-32-31-20(2)36(25)26-23(8-15-39-26)24(35)19-37/h4,6-8,15-16H,3,5,9-14,17-18,30H2,1-2H3. The molecular weight excluding hydrogens is 517 g/mol. The first-order valence-electron chi connectivity index (χ1n) is 13.4. The van der Waals surface area contributed by atoms with E-state index >= 15 is 4.39 Å². The average Bonchev–Trinajstić information content (AvgIpc) is 3.51. The minimum atomic E-state index is -1.86. The fraction of sp³-hybridized carbons (Fsp3) is 0.464. The third-order valence-corrected chi connectivity index (χ3v) is 8.55. The van der Waals surface area contributed by atoms with E-state index in [4.69, 9.17) is 5.73 Å². The van der Waals surface area contributed by atoms with Crippen LogP contribution in [0, 0.1) is 6.92 Å². The summed E-state index contributed by atoms with van der Waals surface area (Å²) in [7, 11) is 0. The zero-order chi connectivity index (χ0) is 27.6. The fourth-order valence-electron chi connectivity index (χ4n) is 5.53. The number of halogens is 1. The van der Waals surface area contributed by atoms with E-state index in [2.05, 4.69) is 21.0 Å². The SMILES string of the molecule is CCN(CCCN1Cc2nnc(C)n2-c2sccc2C1=C=O)C(=O)C1(F)CCN(Cc2cccc(N)c2)CC1.